The molecule has 4 nitrogen and oxygen atoms in total. The molecule has 2 aromatic rings. The summed E-state index contributed by atoms with van der Waals surface area (Å²) in [7, 11) is 3.27. The predicted octanol–water partition coefficient (Wildman–Crippen LogP) is 3.24. The molecule has 2 rings (SSSR count). The molecule has 106 valence electrons. The highest BCUT2D eigenvalue weighted by molar-refractivity contribution is 5.38. The van der Waals surface area contributed by atoms with Crippen LogP contribution in [0.3, 0.4) is 0 Å². The van der Waals surface area contributed by atoms with Gasteiger partial charge in [0, 0.05) is 24.0 Å². The highest BCUT2D eigenvalue weighted by Crippen LogP contribution is 2.23. The molecule has 0 atom stereocenters. The highest BCUT2D eigenvalue weighted by atomic mass is 16.5. The number of aromatic nitrogens is 1. The summed E-state index contributed by atoms with van der Waals surface area (Å²) in [5.41, 5.74) is 2.02. The van der Waals surface area contributed by atoms with Crippen molar-refractivity contribution in [3.05, 3.63) is 47.8 Å². The lowest BCUT2D eigenvalue weighted by molar-refractivity contribution is 0.303. The van der Waals surface area contributed by atoms with Crippen molar-refractivity contribution in [2.24, 2.45) is 0 Å². The number of hydrogen-bond acceptors (Lipinski definition) is 4. The first kappa shape index (κ1) is 14.2. The Balaban J connectivity index is 2.09. The lowest BCUT2D eigenvalue weighted by Crippen LogP contribution is -1.98. The van der Waals surface area contributed by atoms with E-state index < -0.39 is 0 Å². The molecule has 1 aromatic heterocycles. The van der Waals surface area contributed by atoms with E-state index in [4.69, 9.17) is 14.2 Å². The van der Waals surface area contributed by atoms with Crippen molar-refractivity contribution < 1.29 is 14.2 Å². The van der Waals surface area contributed by atoms with Gasteiger partial charge < -0.3 is 14.2 Å². The molecule has 0 spiro atoms. The minimum Gasteiger partial charge on any atom is -0.497 e. The molecule has 0 unspecified atom stereocenters. The van der Waals surface area contributed by atoms with Crippen molar-refractivity contribution in [1.82, 2.24) is 4.98 Å². The SMILES string of the molecule is CCc1cc(OCc2cc(OC)cc(OC)c2)ccn1. The van der Waals surface area contributed by atoms with Crippen LogP contribution in [0.4, 0.5) is 0 Å². The molecule has 0 N–H and O–H groups in total. The summed E-state index contributed by atoms with van der Waals surface area (Å²) in [5, 5.41) is 0. The zero-order chi connectivity index (χ0) is 14.4. The van der Waals surface area contributed by atoms with Crippen molar-refractivity contribution in [2.75, 3.05) is 14.2 Å². The van der Waals surface area contributed by atoms with Crippen LogP contribution in [0.2, 0.25) is 0 Å². The lowest BCUT2D eigenvalue weighted by atomic mass is 10.2. The monoisotopic (exact) mass is 273 g/mol. The van der Waals surface area contributed by atoms with E-state index in [0.29, 0.717) is 6.61 Å². The van der Waals surface area contributed by atoms with E-state index in [1.54, 1.807) is 20.4 Å². The summed E-state index contributed by atoms with van der Waals surface area (Å²) in [6.07, 6.45) is 2.66. The predicted molar refractivity (Wildman–Crippen MR) is 77.5 cm³/mol. The van der Waals surface area contributed by atoms with Gasteiger partial charge in [0.15, 0.2) is 0 Å². The van der Waals surface area contributed by atoms with Gasteiger partial charge in [-0.05, 0) is 30.2 Å². The van der Waals surface area contributed by atoms with E-state index in [-0.39, 0.29) is 0 Å². The van der Waals surface area contributed by atoms with Crippen LogP contribution in [-0.2, 0) is 13.0 Å². The van der Waals surface area contributed by atoms with Crippen LogP contribution >= 0.6 is 0 Å². The zero-order valence-electron chi connectivity index (χ0n) is 12.1. The largest absolute Gasteiger partial charge is 0.497 e. The maximum atomic E-state index is 5.78. The Hall–Kier alpha value is -2.23. The number of rotatable bonds is 6. The molecule has 0 saturated carbocycles. The topological polar surface area (TPSA) is 40.6 Å². The molecule has 1 heterocycles. The summed E-state index contributed by atoms with van der Waals surface area (Å²) in [4.78, 5) is 4.25. The first-order chi connectivity index (χ1) is 9.75. The normalized spacial score (nSPS) is 10.2. The number of nitrogens with zero attached hydrogens (tertiary/aromatic N) is 1. The van der Waals surface area contributed by atoms with E-state index in [0.717, 1.165) is 34.9 Å². The van der Waals surface area contributed by atoms with Crippen molar-refractivity contribution in [3.8, 4) is 17.2 Å². The molecule has 4 heteroatoms. The number of pyridine rings is 1. The van der Waals surface area contributed by atoms with Crippen molar-refractivity contribution in [2.45, 2.75) is 20.0 Å². The Labute approximate surface area is 119 Å². The van der Waals surface area contributed by atoms with Gasteiger partial charge in [0.05, 0.1) is 14.2 Å². The van der Waals surface area contributed by atoms with Crippen LogP contribution in [0, 0.1) is 0 Å². The van der Waals surface area contributed by atoms with Gasteiger partial charge in [-0.2, -0.15) is 0 Å². The Kier molecular flexibility index (Phi) is 4.82. The Morgan fingerprint density at radius 1 is 0.950 bits per heavy atom. The van der Waals surface area contributed by atoms with E-state index in [1.807, 2.05) is 30.3 Å². The fraction of sp³-hybridized carbons (Fsp3) is 0.312. The van der Waals surface area contributed by atoms with Crippen LogP contribution in [0.15, 0.2) is 36.5 Å². The molecule has 0 aliphatic carbocycles. The number of ether oxygens (including phenoxy) is 3. The maximum absolute atomic E-state index is 5.78. The van der Waals surface area contributed by atoms with Gasteiger partial charge in [-0.3, -0.25) is 4.98 Å². The molecule has 20 heavy (non-hydrogen) atoms. The summed E-state index contributed by atoms with van der Waals surface area (Å²) >= 11 is 0. The fourth-order valence-electron chi connectivity index (χ4n) is 1.86. The average Bonchev–Trinajstić information content (AvgIpc) is 2.52. The number of hydrogen-bond donors (Lipinski definition) is 0. The van der Waals surface area contributed by atoms with Gasteiger partial charge in [-0.15, -0.1) is 0 Å². The van der Waals surface area contributed by atoms with Crippen LogP contribution in [0.5, 0.6) is 17.2 Å². The molecule has 0 aliphatic heterocycles. The molecule has 0 radical (unpaired) electrons. The van der Waals surface area contributed by atoms with Gasteiger partial charge >= 0.3 is 0 Å². The van der Waals surface area contributed by atoms with Gasteiger partial charge in [-0.25, -0.2) is 0 Å². The number of benzene rings is 1. The van der Waals surface area contributed by atoms with Gasteiger partial charge in [0.2, 0.25) is 0 Å². The Bertz CT molecular complexity index is 547. The average molecular weight is 273 g/mol. The fourth-order valence-corrected chi connectivity index (χ4v) is 1.86. The second-order valence-corrected chi connectivity index (χ2v) is 4.35. The standard InChI is InChI=1S/C16H19NO3/c1-4-13-9-14(5-6-17-13)20-11-12-7-15(18-2)10-16(8-12)19-3/h5-10H,4,11H2,1-3H3. The molecular formula is C16H19NO3. The van der Waals surface area contributed by atoms with Crippen molar-refractivity contribution in [1.29, 1.82) is 0 Å². The molecule has 1 aromatic carbocycles. The number of aryl methyl sites for hydroxylation is 1. The molecule has 0 bridgehead atoms. The minimum atomic E-state index is 0.459. The smallest absolute Gasteiger partial charge is 0.123 e. The van der Waals surface area contributed by atoms with Gasteiger partial charge in [-0.1, -0.05) is 6.92 Å². The quantitative estimate of drug-likeness (QED) is 0.810. The minimum absolute atomic E-state index is 0.459. The second-order valence-electron chi connectivity index (χ2n) is 4.35. The van der Waals surface area contributed by atoms with Crippen molar-refractivity contribution in [3.63, 3.8) is 0 Å². The van der Waals surface area contributed by atoms with Crippen molar-refractivity contribution >= 4 is 0 Å². The maximum Gasteiger partial charge on any atom is 0.123 e. The number of methoxy groups -OCH3 is 2. The second kappa shape index (κ2) is 6.80. The first-order valence-electron chi connectivity index (χ1n) is 6.54. The summed E-state index contributed by atoms with van der Waals surface area (Å²) < 4.78 is 16.3. The van der Waals surface area contributed by atoms with Gasteiger partial charge in [0.25, 0.3) is 0 Å². The van der Waals surface area contributed by atoms with E-state index in [1.165, 1.54) is 0 Å². The zero-order valence-corrected chi connectivity index (χ0v) is 12.1. The summed E-state index contributed by atoms with van der Waals surface area (Å²) in [6, 6.07) is 9.52. The van der Waals surface area contributed by atoms with E-state index in [2.05, 4.69) is 11.9 Å². The van der Waals surface area contributed by atoms with Gasteiger partial charge in [0.1, 0.15) is 23.9 Å². The molecule has 0 fully saturated rings. The van der Waals surface area contributed by atoms with Crippen LogP contribution in [0.1, 0.15) is 18.2 Å². The van der Waals surface area contributed by atoms with E-state index in [9.17, 15) is 0 Å². The summed E-state index contributed by atoms with van der Waals surface area (Å²) in [6.45, 7) is 2.53. The highest BCUT2D eigenvalue weighted by Gasteiger charge is 2.03. The summed E-state index contributed by atoms with van der Waals surface area (Å²) in [5.74, 6) is 2.33. The van der Waals surface area contributed by atoms with Crippen LogP contribution in [0.25, 0.3) is 0 Å². The third-order valence-corrected chi connectivity index (χ3v) is 2.97. The van der Waals surface area contributed by atoms with E-state index >= 15 is 0 Å². The van der Waals surface area contributed by atoms with Crippen LogP contribution in [-0.4, -0.2) is 19.2 Å². The Morgan fingerprint density at radius 2 is 1.65 bits per heavy atom. The van der Waals surface area contributed by atoms with Crippen LogP contribution < -0.4 is 14.2 Å². The Morgan fingerprint density at radius 3 is 2.25 bits per heavy atom. The molecular weight excluding hydrogens is 254 g/mol. The molecule has 0 amide bonds. The first-order valence-corrected chi connectivity index (χ1v) is 6.54. The molecule has 0 saturated heterocycles. The third-order valence-electron chi connectivity index (χ3n) is 2.97. The third kappa shape index (κ3) is 3.63. The molecule has 0 aliphatic rings. The lowest BCUT2D eigenvalue weighted by Gasteiger charge is -2.10.